The summed E-state index contributed by atoms with van der Waals surface area (Å²) in [6.45, 7) is 6.73. The average Bonchev–Trinajstić information content (AvgIpc) is 2.91. The van der Waals surface area contributed by atoms with Gasteiger partial charge < -0.3 is 14.6 Å². The molecule has 4 rings (SSSR count). The highest BCUT2D eigenvalue weighted by Gasteiger charge is 2.25. The van der Waals surface area contributed by atoms with Crippen molar-refractivity contribution in [2.24, 2.45) is 11.8 Å². The minimum absolute atomic E-state index is 0.688. The van der Waals surface area contributed by atoms with Crippen LogP contribution in [0.4, 0.5) is 5.82 Å². The van der Waals surface area contributed by atoms with E-state index in [4.69, 9.17) is 4.74 Å². The fourth-order valence-electron chi connectivity index (χ4n) is 3.87. The summed E-state index contributed by atoms with van der Waals surface area (Å²) in [5.74, 6) is 3.24. The van der Waals surface area contributed by atoms with Crippen LogP contribution in [0.5, 0.6) is 5.75 Å². The number of fused-ring (bicyclic) bond motifs is 3. The number of anilines is 1. The van der Waals surface area contributed by atoms with Crippen LogP contribution in [0.1, 0.15) is 20.3 Å². The number of methoxy groups -OCH3 is 1. The largest absolute Gasteiger partial charge is 0.497 e. The molecule has 2 aromatic heterocycles. The molecule has 1 fully saturated rings. The molecule has 5 heteroatoms. The van der Waals surface area contributed by atoms with Gasteiger partial charge in [-0.15, -0.1) is 0 Å². The Labute approximate surface area is 135 Å². The maximum atomic E-state index is 5.33. The number of piperidine rings is 1. The SMILES string of the molecule is COc1ccc2c(c1)[nH]c1c(N3C[C@H](C)C[C@@H](C)C3)ncnc12. The summed E-state index contributed by atoms with van der Waals surface area (Å²) < 4.78 is 5.33. The van der Waals surface area contributed by atoms with Crippen molar-refractivity contribution in [2.75, 3.05) is 25.1 Å². The van der Waals surface area contributed by atoms with Crippen LogP contribution in [-0.4, -0.2) is 35.2 Å². The first-order valence-corrected chi connectivity index (χ1v) is 8.21. The van der Waals surface area contributed by atoms with E-state index in [0.717, 1.165) is 46.6 Å². The van der Waals surface area contributed by atoms with E-state index < -0.39 is 0 Å². The molecule has 0 aliphatic carbocycles. The van der Waals surface area contributed by atoms with Gasteiger partial charge in [-0.25, -0.2) is 9.97 Å². The van der Waals surface area contributed by atoms with E-state index in [1.54, 1.807) is 13.4 Å². The van der Waals surface area contributed by atoms with Gasteiger partial charge in [-0.05, 0) is 30.4 Å². The standard InChI is InChI=1S/C18H22N4O/c1-11-6-12(2)9-22(8-11)18-17-16(19-10-20-18)14-5-4-13(23-3)7-15(14)21-17/h4-5,7,10-12,21H,6,8-9H2,1-3H3/t11-,12-/m1/s1. The number of rotatable bonds is 2. The Morgan fingerprint density at radius 1 is 1.17 bits per heavy atom. The van der Waals surface area contributed by atoms with Crippen LogP contribution in [-0.2, 0) is 0 Å². The Kier molecular flexibility index (Phi) is 3.36. The van der Waals surface area contributed by atoms with E-state index in [1.807, 2.05) is 12.1 Å². The van der Waals surface area contributed by atoms with Crippen molar-refractivity contribution in [1.29, 1.82) is 0 Å². The van der Waals surface area contributed by atoms with Crippen LogP contribution in [0.3, 0.4) is 0 Å². The molecule has 0 bridgehead atoms. The molecular weight excluding hydrogens is 288 g/mol. The topological polar surface area (TPSA) is 54.0 Å². The van der Waals surface area contributed by atoms with E-state index >= 15 is 0 Å². The Balaban J connectivity index is 1.87. The molecule has 3 heterocycles. The lowest BCUT2D eigenvalue weighted by Crippen LogP contribution is -2.39. The summed E-state index contributed by atoms with van der Waals surface area (Å²) in [6, 6.07) is 6.05. The smallest absolute Gasteiger partial charge is 0.156 e. The first kappa shape index (κ1) is 14.3. The molecule has 0 unspecified atom stereocenters. The lowest BCUT2D eigenvalue weighted by atomic mass is 9.92. The van der Waals surface area contributed by atoms with E-state index in [-0.39, 0.29) is 0 Å². The van der Waals surface area contributed by atoms with Gasteiger partial charge in [0, 0.05) is 24.5 Å². The second-order valence-electron chi connectivity index (χ2n) is 6.81. The van der Waals surface area contributed by atoms with E-state index in [1.165, 1.54) is 6.42 Å². The second kappa shape index (κ2) is 5.41. The number of nitrogens with zero attached hydrogens (tertiary/aromatic N) is 3. The Morgan fingerprint density at radius 3 is 2.70 bits per heavy atom. The number of nitrogens with one attached hydrogen (secondary N) is 1. The van der Waals surface area contributed by atoms with Crippen molar-refractivity contribution in [1.82, 2.24) is 15.0 Å². The Morgan fingerprint density at radius 2 is 1.96 bits per heavy atom. The zero-order chi connectivity index (χ0) is 16.0. The predicted molar refractivity (Wildman–Crippen MR) is 93.1 cm³/mol. The first-order chi connectivity index (χ1) is 11.2. The van der Waals surface area contributed by atoms with Gasteiger partial charge in [0.25, 0.3) is 0 Å². The van der Waals surface area contributed by atoms with Crippen LogP contribution >= 0.6 is 0 Å². The van der Waals surface area contributed by atoms with Gasteiger partial charge in [0.2, 0.25) is 0 Å². The minimum atomic E-state index is 0.688. The molecule has 23 heavy (non-hydrogen) atoms. The van der Waals surface area contributed by atoms with Crippen LogP contribution in [0.2, 0.25) is 0 Å². The molecule has 3 aromatic rings. The molecular formula is C18H22N4O. The number of hydrogen-bond donors (Lipinski definition) is 1. The molecule has 0 amide bonds. The molecule has 1 aromatic carbocycles. The third-order valence-corrected chi connectivity index (χ3v) is 4.74. The molecule has 0 radical (unpaired) electrons. The van der Waals surface area contributed by atoms with Crippen molar-refractivity contribution in [3.63, 3.8) is 0 Å². The van der Waals surface area contributed by atoms with Crippen molar-refractivity contribution in [3.8, 4) is 5.75 Å². The maximum absolute atomic E-state index is 5.33. The molecule has 1 N–H and O–H groups in total. The Bertz CT molecular complexity index is 847. The van der Waals surface area contributed by atoms with E-state index in [0.29, 0.717) is 11.8 Å². The van der Waals surface area contributed by atoms with Gasteiger partial charge in [-0.2, -0.15) is 0 Å². The summed E-state index contributed by atoms with van der Waals surface area (Å²) in [5.41, 5.74) is 3.05. The predicted octanol–water partition coefficient (Wildman–Crippen LogP) is 3.60. The lowest BCUT2D eigenvalue weighted by molar-refractivity contribution is 0.356. The molecule has 1 aliphatic heterocycles. The summed E-state index contributed by atoms with van der Waals surface area (Å²) in [7, 11) is 1.69. The quantitative estimate of drug-likeness (QED) is 0.786. The number of benzene rings is 1. The summed E-state index contributed by atoms with van der Waals surface area (Å²) >= 11 is 0. The number of aromatic amines is 1. The number of hydrogen-bond acceptors (Lipinski definition) is 4. The van der Waals surface area contributed by atoms with Crippen molar-refractivity contribution < 1.29 is 4.74 Å². The normalized spacial score (nSPS) is 22.0. The van der Waals surface area contributed by atoms with Gasteiger partial charge >= 0.3 is 0 Å². The molecule has 5 nitrogen and oxygen atoms in total. The molecule has 120 valence electrons. The highest BCUT2D eigenvalue weighted by Crippen LogP contribution is 2.33. The van der Waals surface area contributed by atoms with Gasteiger partial charge in [0.15, 0.2) is 5.82 Å². The van der Waals surface area contributed by atoms with Gasteiger partial charge in [-0.3, -0.25) is 0 Å². The fraction of sp³-hybridized carbons (Fsp3) is 0.444. The third kappa shape index (κ3) is 2.40. The lowest BCUT2D eigenvalue weighted by Gasteiger charge is -2.35. The molecule has 0 spiro atoms. The van der Waals surface area contributed by atoms with Gasteiger partial charge in [0.1, 0.15) is 23.1 Å². The minimum Gasteiger partial charge on any atom is -0.497 e. The Hall–Kier alpha value is -2.30. The molecule has 2 atom stereocenters. The van der Waals surface area contributed by atoms with E-state index in [9.17, 15) is 0 Å². The summed E-state index contributed by atoms with van der Waals surface area (Å²) in [4.78, 5) is 15.0. The number of aromatic nitrogens is 3. The number of H-pyrrole nitrogens is 1. The van der Waals surface area contributed by atoms with Crippen molar-refractivity contribution in [2.45, 2.75) is 20.3 Å². The fourth-order valence-corrected chi connectivity index (χ4v) is 3.87. The molecule has 0 saturated carbocycles. The van der Waals surface area contributed by atoms with Crippen LogP contribution in [0.15, 0.2) is 24.5 Å². The third-order valence-electron chi connectivity index (χ3n) is 4.74. The van der Waals surface area contributed by atoms with E-state index in [2.05, 4.69) is 39.8 Å². The monoisotopic (exact) mass is 310 g/mol. The molecule has 1 saturated heterocycles. The maximum Gasteiger partial charge on any atom is 0.156 e. The highest BCUT2D eigenvalue weighted by molar-refractivity contribution is 6.08. The van der Waals surface area contributed by atoms with Crippen molar-refractivity contribution >= 4 is 27.8 Å². The second-order valence-corrected chi connectivity index (χ2v) is 6.81. The summed E-state index contributed by atoms with van der Waals surface area (Å²) in [6.07, 6.45) is 2.97. The van der Waals surface area contributed by atoms with Gasteiger partial charge in [-0.1, -0.05) is 13.8 Å². The highest BCUT2D eigenvalue weighted by atomic mass is 16.5. The molecule has 1 aliphatic rings. The van der Waals surface area contributed by atoms with Crippen LogP contribution < -0.4 is 9.64 Å². The van der Waals surface area contributed by atoms with Gasteiger partial charge in [0.05, 0.1) is 12.6 Å². The average molecular weight is 310 g/mol. The van der Waals surface area contributed by atoms with Crippen molar-refractivity contribution in [3.05, 3.63) is 24.5 Å². The zero-order valence-electron chi connectivity index (χ0n) is 13.8. The first-order valence-electron chi connectivity index (χ1n) is 8.21. The van der Waals surface area contributed by atoms with Crippen LogP contribution in [0, 0.1) is 11.8 Å². The number of ether oxygens (including phenoxy) is 1. The summed E-state index contributed by atoms with van der Waals surface area (Å²) in [5, 5.41) is 1.11. The zero-order valence-corrected chi connectivity index (χ0v) is 13.8. The van der Waals surface area contributed by atoms with Crippen LogP contribution in [0.25, 0.3) is 21.9 Å².